The Kier molecular flexibility index (Phi) is 7.97. The number of unbranched alkanes of at least 4 members (excludes halogenated alkanes) is 1. The Morgan fingerprint density at radius 3 is 2.47 bits per heavy atom. The Hall–Kier alpha value is -1.42. The maximum Gasteiger partial charge on any atom is 0.503 e. The Morgan fingerprint density at radius 2 is 2.00 bits per heavy atom. The molecule has 0 amide bonds. The average Bonchev–Trinajstić information content (AvgIpc) is 2.21. The van der Waals surface area contributed by atoms with E-state index in [2.05, 4.69) is 6.92 Å². The van der Waals surface area contributed by atoms with Crippen molar-refractivity contribution in [3.8, 4) is 5.75 Å². The van der Waals surface area contributed by atoms with Crippen LogP contribution in [-0.4, -0.2) is 23.0 Å². The maximum absolute atomic E-state index is 8.56. The van der Waals surface area contributed by atoms with Crippen molar-refractivity contribution in [3.63, 3.8) is 0 Å². The number of hydrogen-bond donors (Lipinski definition) is 2. The predicted molar refractivity (Wildman–Crippen MR) is 67.2 cm³/mol. The second-order valence-corrected chi connectivity index (χ2v) is 3.83. The third-order valence-corrected chi connectivity index (χ3v) is 2.13. The first-order valence-electron chi connectivity index (χ1n) is 5.28. The van der Waals surface area contributed by atoms with E-state index in [0.29, 0.717) is 0 Å². The fourth-order valence-corrected chi connectivity index (χ4v) is 1.33. The van der Waals surface area contributed by atoms with E-state index < -0.39 is 6.16 Å². The molecule has 0 aliphatic rings. The number of rotatable bonds is 4. The van der Waals surface area contributed by atoms with Crippen molar-refractivity contribution >= 4 is 17.8 Å². The van der Waals surface area contributed by atoms with Gasteiger partial charge in [0.2, 0.25) is 0 Å². The van der Waals surface area contributed by atoms with Gasteiger partial charge in [0.25, 0.3) is 0 Å². The summed E-state index contributed by atoms with van der Waals surface area (Å²) in [5.41, 5.74) is 1.10. The molecule has 0 spiro atoms. The summed E-state index contributed by atoms with van der Waals surface area (Å²) in [4.78, 5) is 8.56. The van der Waals surface area contributed by atoms with Crippen LogP contribution in [0.2, 0.25) is 5.02 Å². The van der Waals surface area contributed by atoms with Crippen LogP contribution in [0.4, 0.5) is 4.79 Å². The molecule has 0 saturated carbocycles. The molecule has 4 nitrogen and oxygen atoms in total. The molecule has 5 heteroatoms. The number of ether oxygens (including phenoxy) is 1. The lowest BCUT2D eigenvalue weighted by Gasteiger charge is -2.08. The number of carboxylic acid groups (broad SMARTS) is 2. The van der Waals surface area contributed by atoms with Crippen LogP contribution in [0.15, 0.2) is 18.2 Å². The molecule has 0 bridgehead atoms. The first-order valence-corrected chi connectivity index (χ1v) is 5.66. The molecular formula is C12H17ClO4. The Morgan fingerprint density at radius 1 is 1.41 bits per heavy atom. The van der Waals surface area contributed by atoms with Gasteiger partial charge in [-0.05, 0) is 37.1 Å². The fraction of sp³-hybridized carbons (Fsp3) is 0.417. The van der Waals surface area contributed by atoms with Crippen LogP contribution in [0.1, 0.15) is 25.3 Å². The molecule has 0 aromatic heterocycles. The van der Waals surface area contributed by atoms with Gasteiger partial charge in [-0.3, -0.25) is 0 Å². The van der Waals surface area contributed by atoms with Gasteiger partial charge in [-0.2, -0.15) is 0 Å². The summed E-state index contributed by atoms with van der Waals surface area (Å²) in [6.45, 7) is 4.95. The maximum atomic E-state index is 8.56. The molecule has 0 aliphatic heterocycles. The minimum absolute atomic E-state index is 0.764. The molecular weight excluding hydrogens is 244 g/mol. The first kappa shape index (κ1) is 15.6. The van der Waals surface area contributed by atoms with E-state index in [1.54, 1.807) is 0 Å². The summed E-state index contributed by atoms with van der Waals surface area (Å²) in [7, 11) is 0. The molecule has 0 aliphatic carbocycles. The largest absolute Gasteiger partial charge is 0.503 e. The summed E-state index contributed by atoms with van der Waals surface area (Å²) in [5, 5.41) is 14.7. The van der Waals surface area contributed by atoms with Gasteiger partial charge in [-0.15, -0.1) is 0 Å². The number of halogens is 1. The quantitative estimate of drug-likeness (QED) is 0.802. The molecule has 0 heterocycles. The van der Waals surface area contributed by atoms with Gasteiger partial charge >= 0.3 is 6.16 Å². The minimum atomic E-state index is -1.83. The molecule has 1 aromatic rings. The molecule has 0 atom stereocenters. The third kappa shape index (κ3) is 8.39. The molecule has 0 fully saturated rings. The lowest BCUT2D eigenvalue weighted by Crippen LogP contribution is -1.97. The van der Waals surface area contributed by atoms with E-state index in [1.165, 1.54) is 0 Å². The van der Waals surface area contributed by atoms with Crippen molar-refractivity contribution in [2.75, 3.05) is 6.61 Å². The van der Waals surface area contributed by atoms with Gasteiger partial charge in [0.1, 0.15) is 5.75 Å². The van der Waals surface area contributed by atoms with Gasteiger partial charge in [0, 0.05) is 5.02 Å². The van der Waals surface area contributed by atoms with E-state index in [9.17, 15) is 0 Å². The van der Waals surface area contributed by atoms with E-state index in [4.69, 9.17) is 31.3 Å². The van der Waals surface area contributed by atoms with Crippen LogP contribution in [0, 0.1) is 6.92 Å². The topological polar surface area (TPSA) is 66.8 Å². The highest BCUT2D eigenvalue weighted by Crippen LogP contribution is 2.21. The zero-order valence-electron chi connectivity index (χ0n) is 9.94. The Labute approximate surface area is 106 Å². The van der Waals surface area contributed by atoms with Crippen LogP contribution in [0.3, 0.4) is 0 Å². The van der Waals surface area contributed by atoms with Crippen LogP contribution in [0.5, 0.6) is 5.75 Å². The predicted octanol–water partition coefficient (Wildman–Crippen LogP) is 4.05. The standard InChI is InChI=1S/C11H15ClO.CH2O3/c1-3-4-7-13-11-6-5-10(12)8-9(11)2;2-1(3)4/h5-6,8H,3-4,7H2,1-2H3;(H2,2,3,4). The van der Waals surface area contributed by atoms with Gasteiger partial charge in [-0.1, -0.05) is 24.9 Å². The van der Waals surface area contributed by atoms with Crippen molar-refractivity contribution in [1.29, 1.82) is 0 Å². The summed E-state index contributed by atoms with van der Waals surface area (Å²) < 4.78 is 5.57. The van der Waals surface area contributed by atoms with Crippen LogP contribution < -0.4 is 4.74 Å². The number of carbonyl (C=O) groups is 1. The third-order valence-electron chi connectivity index (χ3n) is 1.89. The van der Waals surface area contributed by atoms with Crippen LogP contribution >= 0.6 is 11.6 Å². The second-order valence-electron chi connectivity index (χ2n) is 3.39. The Bertz CT molecular complexity index is 348. The van der Waals surface area contributed by atoms with Crippen molar-refractivity contribution in [2.45, 2.75) is 26.7 Å². The zero-order valence-corrected chi connectivity index (χ0v) is 10.7. The molecule has 1 rings (SSSR count). The van der Waals surface area contributed by atoms with E-state index in [1.807, 2.05) is 25.1 Å². The van der Waals surface area contributed by atoms with E-state index in [0.717, 1.165) is 35.8 Å². The Balaban J connectivity index is 0.000000557. The van der Waals surface area contributed by atoms with Crippen molar-refractivity contribution in [1.82, 2.24) is 0 Å². The summed E-state index contributed by atoms with van der Waals surface area (Å²) in [6, 6.07) is 5.70. The van der Waals surface area contributed by atoms with Crippen LogP contribution in [0.25, 0.3) is 0 Å². The van der Waals surface area contributed by atoms with Gasteiger partial charge in [-0.25, -0.2) is 4.79 Å². The van der Waals surface area contributed by atoms with Gasteiger partial charge < -0.3 is 14.9 Å². The first-order chi connectivity index (χ1) is 7.97. The molecule has 17 heavy (non-hydrogen) atoms. The van der Waals surface area contributed by atoms with Crippen molar-refractivity contribution in [3.05, 3.63) is 28.8 Å². The van der Waals surface area contributed by atoms with Crippen molar-refractivity contribution in [2.24, 2.45) is 0 Å². The molecule has 96 valence electrons. The fourth-order valence-electron chi connectivity index (χ4n) is 1.10. The monoisotopic (exact) mass is 260 g/mol. The van der Waals surface area contributed by atoms with Crippen LogP contribution in [-0.2, 0) is 0 Å². The number of benzene rings is 1. The molecule has 1 aromatic carbocycles. The number of hydrogen-bond acceptors (Lipinski definition) is 2. The second kappa shape index (κ2) is 8.70. The van der Waals surface area contributed by atoms with E-state index >= 15 is 0 Å². The van der Waals surface area contributed by atoms with Gasteiger partial charge in [0.05, 0.1) is 6.61 Å². The molecule has 2 N–H and O–H groups in total. The minimum Gasteiger partial charge on any atom is -0.493 e. The molecule has 0 unspecified atom stereocenters. The highest BCUT2D eigenvalue weighted by atomic mass is 35.5. The van der Waals surface area contributed by atoms with Gasteiger partial charge in [0.15, 0.2) is 0 Å². The highest BCUT2D eigenvalue weighted by molar-refractivity contribution is 6.30. The summed E-state index contributed by atoms with van der Waals surface area (Å²) >= 11 is 5.82. The smallest absolute Gasteiger partial charge is 0.493 e. The zero-order chi connectivity index (χ0) is 13.3. The lowest BCUT2D eigenvalue weighted by molar-refractivity contribution is 0.137. The average molecular weight is 261 g/mol. The number of aryl methyl sites for hydroxylation is 1. The molecule has 0 radical (unpaired) electrons. The summed E-state index contributed by atoms with van der Waals surface area (Å²) in [6.07, 6.45) is 0.425. The van der Waals surface area contributed by atoms with E-state index in [-0.39, 0.29) is 0 Å². The SMILES string of the molecule is CCCCOc1ccc(Cl)cc1C.O=C(O)O. The normalized spacial score (nSPS) is 9.12. The highest BCUT2D eigenvalue weighted by Gasteiger charge is 1.98. The van der Waals surface area contributed by atoms with Crippen molar-refractivity contribution < 1.29 is 19.7 Å². The summed E-state index contributed by atoms with van der Waals surface area (Å²) in [5.74, 6) is 0.942. The lowest BCUT2D eigenvalue weighted by atomic mass is 10.2. The molecule has 0 saturated heterocycles.